The molecular formula is C52H56. The van der Waals surface area contributed by atoms with Crippen molar-refractivity contribution in [2.45, 2.75) is 105 Å². The molecule has 0 unspecified atom stereocenters. The molecule has 0 N–H and O–H groups in total. The number of fused-ring (bicyclic) bond motifs is 6. The van der Waals surface area contributed by atoms with E-state index in [1.807, 2.05) is 0 Å². The Bertz CT molecular complexity index is 2420. The molecule has 52 heavy (non-hydrogen) atoms. The van der Waals surface area contributed by atoms with E-state index in [0.29, 0.717) is 0 Å². The van der Waals surface area contributed by atoms with E-state index in [2.05, 4.69) is 204 Å². The van der Waals surface area contributed by atoms with Gasteiger partial charge in [-0.3, -0.25) is 0 Å². The smallest absolute Gasteiger partial charge is 0.00139 e. The maximum absolute atomic E-state index is 2.48. The van der Waals surface area contributed by atoms with Gasteiger partial charge in [-0.15, -0.1) is 0 Å². The van der Waals surface area contributed by atoms with E-state index in [1.165, 1.54) is 88.0 Å². The summed E-state index contributed by atoms with van der Waals surface area (Å²) in [6.07, 6.45) is 0. The van der Waals surface area contributed by atoms with Gasteiger partial charge in [0, 0.05) is 0 Å². The third-order valence-electron chi connectivity index (χ3n) is 11.1. The summed E-state index contributed by atoms with van der Waals surface area (Å²) in [4.78, 5) is 0. The predicted molar refractivity (Wildman–Crippen MR) is 230 cm³/mol. The van der Waals surface area contributed by atoms with Crippen molar-refractivity contribution < 1.29 is 0 Å². The molecule has 0 aliphatic carbocycles. The number of hydrogen-bond acceptors (Lipinski definition) is 0. The summed E-state index contributed by atoms with van der Waals surface area (Å²) in [6.45, 7) is 27.6. The molecule has 7 aromatic carbocycles. The van der Waals surface area contributed by atoms with Crippen LogP contribution >= 0.6 is 0 Å². The second-order valence-electron chi connectivity index (χ2n) is 19.2. The molecule has 0 saturated heterocycles. The Morgan fingerprint density at radius 3 is 0.942 bits per heavy atom. The summed E-state index contributed by atoms with van der Waals surface area (Å²) in [5.74, 6) is 0. The minimum absolute atomic E-state index is 0.0213. The lowest BCUT2D eigenvalue weighted by atomic mass is 9.80. The van der Waals surface area contributed by atoms with Crippen molar-refractivity contribution in [3.8, 4) is 33.4 Å². The average molecular weight is 681 g/mol. The Labute approximate surface area is 312 Å². The van der Waals surface area contributed by atoms with Gasteiger partial charge in [-0.2, -0.15) is 0 Å². The molecule has 264 valence electrons. The van der Waals surface area contributed by atoms with Gasteiger partial charge >= 0.3 is 0 Å². The molecule has 0 aliphatic rings. The largest absolute Gasteiger partial charge is 0.0579 e. The van der Waals surface area contributed by atoms with Crippen LogP contribution in [0.2, 0.25) is 0 Å². The SMILES string of the molecule is CC(C)(C)c1ccc(-c2ccc3c4ccc(C(C)(C)C)cc4c4c(-c5ccc(C(C)(C)C)cc5)ccc(-c5ccc(C(C)(C)C)cc5)c4c3c2)cc1. The highest BCUT2D eigenvalue weighted by molar-refractivity contribution is 6.32. The van der Waals surface area contributed by atoms with Crippen molar-refractivity contribution in [3.63, 3.8) is 0 Å². The highest BCUT2D eigenvalue weighted by Gasteiger charge is 2.22. The lowest BCUT2D eigenvalue weighted by Crippen LogP contribution is -2.11. The molecule has 0 heterocycles. The predicted octanol–water partition coefficient (Wildman–Crippen LogP) is 15.3. The molecule has 0 saturated carbocycles. The van der Waals surface area contributed by atoms with Crippen LogP contribution < -0.4 is 0 Å². The van der Waals surface area contributed by atoms with Crippen LogP contribution in [0.5, 0.6) is 0 Å². The Balaban J connectivity index is 1.62. The highest BCUT2D eigenvalue weighted by Crippen LogP contribution is 2.47. The molecule has 0 nitrogen and oxygen atoms in total. The van der Waals surface area contributed by atoms with Crippen molar-refractivity contribution in [1.82, 2.24) is 0 Å². The molecule has 0 radical (unpaired) electrons. The van der Waals surface area contributed by atoms with E-state index in [-0.39, 0.29) is 21.7 Å². The van der Waals surface area contributed by atoms with Crippen LogP contribution in [-0.4, -0.2) is 0 Å². The van der Waals surface area contributed by atoms with Crippen molar-refractivity contribution in [2.24, 2.45) is 0 Å². The molecule has 0 fully saturated rings. The van der Waals surface area contributed by atoms with Crippen molar-refractivity contribution >= 4 is 32.3 Å². The summed E-state index contributed by atoms with van der Waals surface area (Å²) < 4.78 is 0. The normalized spacial score (nSPS) is 13.0. The second-order valence-corrected chi connectivity index (χ2v) is 19.2. The summed E-state index contributed by atoms with van der Waals surface area (Å²) in [5.41, 5.74) is 13.3. The summed E-state index contributed by atoms with van der Waals surface area (Å²) in [7, 11) is 0. The van der Waals surface area contributed by atoms with Gasteiger partial charge < -0.3 is 0 Å². The standard InChI is InChI=1S/C52H56/c1-49(2,3)37-20-13-33(14-21-37)36-19-27-43-44-28-26-40(52(10,11)12)32-46(44)48-42(35-17-24-39(25-18-35)51(7,8)9)30-29-41(47(48)45(43)31-36)34-15-22-38(23-16-34)50(4,5)6/h13-32H,1-12H3. The molecular weight excluding hydrogens is 625 g/mol. The van der Waals surface area contributed by atoms with Gasteiger partial charge in [-0.05, 0) is 122 Å². The first kappa shape index (κ1) is 35.7. The van der Waals surface area contributed by atoms with Gasteiger partial charge in [-0.25, -0.2) is 0 Å². The molecule has 0 atom stereocenters. The van der Waals surface area contributed by atoms with Gasteiger partial charge in [0.05, 0.1) is 0 Å². The first-order valence-corrected chi connectivity index (χ1v) is 19.1. The first-order valence-electron chi connectivity index (χ1n) is 19.1. The van der Waals surface area contributed by atoms with E-state index in [1.54, 1.807) is 0 Å². The Morgan fingerprint density at radius 2 is 0.558 bits per heavy atom. The summed E-state index contributed by atoms with van der Waals surface area (Å²) >= 11 is 0. The number of benzene rings is 7. The van der Waals surface area contributed by atoms with Gasteiger partial charge in [0.25, 0.3) is 0 Å². The minimum atomic E-state index is 0.0213. The van der Waals surface area contributed by atoms with Crippen molar-refractivity contribution in [1.29, 1.82) is 0 Å². The quantitative estimate of drug-likeness (QED) is 0.163. The molecule has 7 aromatic rings. The molecule has 0 spiro atoms. The van der Waals surface area contributed by atoms with Crippen LogP contribution in [0, 0.1) is 0 Å². The zero-order chi connectivity index (χ0) is 37.4. The Kier molecular flexibility index (Phi) is 8.57. The fraction of sp³-hybridized carbons (Fsp3) is 0.308. The van der Waals surface area contributed by atoms with E-state index in [4.69, 9.17) is 0 Å². The fourth-order valence-electron chi connectivity index (χ4n) is 7.72. The Hall–Kier alpha value is -4.68. The second kappa shape index (κ2) is 12.5. The van der Waals surface area contributed by atoms with E-state index >= 15 is 0 Å². The molecule has 0 heteroatoms. The summed E-state index contributed by atoms with van der Waals surface area (Å²) in [5, 5.41) is 7.87. The van der Waals surface area contributed by atoms with E-state index < -0.39 is 0 Å². The number of hydrogen-bond donors (Lipinski definition) is 0. The molecule has 0 aliphatic heterocycles. The van der Waals surface area contributed by atoms with Crippen LogP contribution in [0.15, 0.2) is 121 Å². The molecule has 0 bridgehead atoms. The zero-order valence-corrected chi connectivity index (χ0v) is 33.5. The van der Waals surface area contributed by atoms with Gasteiger partial charge in [0.15, 0.2) is 0 Å². The van der Waals surface area contributed by atoms with Crippen molar-refractivity contribution in [3.05, 3.63) is 144 Å². The fourth-order valence-corrected chi connectivity index (χ4v) is 7.72. The zero-order valence-electron chi connectivity index (χ0n) is 33.5. The lowest BCUT2D eigenvalue weighted by Gasteiger charge is -2.24. The third-order valence-corrected chi connectivity index (χ3v) is 11.1. The van der Waals surface area contributed by atoms with Gasteiger partial charge in [0.2, 0.25) is 0 Å². The first-order chi connectivity index (χ1) is 24.3. The Morgan fingerprint density at radius 1 is 0.250 bits per heavy atom. The third kappa shape index (κ3) is 6.58. The maximum Gasteiger partial charge on any atom is -0.00139 e. The van der Waals surface area contributed by atoms with E-state index in [9.17, 15) is 0 Å². The minimum Gasteiger partial charge on any atom is -0.0579 e. The monoisotopic (exact) mass is 680 g/mol. The van der Waals surface area contributed by atoms with Crippen LogP contribution in [0.3, 0.4) is 0 Å². The van der Waals surface area contributed by atoms with Crippen LogP contribution in [0.25, 0.3) is 65.7 Å². The maximum atomic E-state index is 2.48. The summed E-state index contributed by atoms with van der Waals surface area (Å²) in [6, 6.07) is 47.0. The molecule has 7 rings (SSSR count). The lowest BCUT2D eigenvalue weighted by molar-refractivity contribution is 0.590. The van der Waals surface area contributed by atoms with Gasteiger partial charge in [0.1, 0.15) is 0 Å². The average Bonchev–Trinajstić information content (AvgIpc) is 3.09. The van der Waals surface area contributed by atoms with Crippen LogP contribution in [0.1, 0.15) is 105 Å². The van der Waals surface area contributed by atoms with Crippen LogP contribution in [-0.2, 0) is 21.7 Å². The number of rotatable bonds is 3. The van der Waals surface area contributed by atoms with Crippen molar-refractivity contribution in [2.75, 3.05) is 0 Å². The highest BCUT2D eigenvalue weighted by atomic mass is 14.3. The van der Waals surface area contributed by atoms with Crippen LogP contribution in [0.4, 0.5) is 0 Å². The molecule has 0 aromatic heterocycles. The van der Waals surface area contributed by atoms with Gasteiger partial charge in [-0.1, -0.05) is 192 Å². The van der Waals surface area contributed by atoms with E-state index in [0.717, 1.165) is 0 Å². The topological polar surface area (TPSA) is 0 Å². The molecule has 0 amide bonds.